The molecule has 4 aromatic rings. The molecule has 26 heavy (non-hydrogen) atoms. The summed E-state index contributed by atoms with van der Waals surface area (Å²) in [6.07, 6.45) is 1.72. The van der Waals surface area contributed by atoms with Crippen LogP contribution in [0.25, 0.3) is 10.9 Å². The monoisotopic (exact) mass is 379 g/mol. The number of aromatic nitrogens is 1. The number of fused-ring (bicyclic) bond motifs is 1. The SMILES string of the molecule is Cc1cccc(Sc2cn(S(=O)(=O)c3ccccc3)c3ccccc23)c1. The maximum absolute atomic E-state index is 13.1. The molecule has 0 saturated heterocycles. The predicted molar refractivity (Wildman–Crippen MR) is 106 cm³/mol. The van der Waals surface area contributed by atoms with Crippen molar-refractivity contribution in [1.82, 2.24) is 3.97 Å². The van der Waals surface area contributed by atoms with Gasteiger partial charge in [-0.1, -0.05) is 65.9 Å². The molecule has 1 aromatic heterocycles. The molecule has 0 aliphatic carbocycles. The highest BCUT2D eigenvalue weighted by atomic mass is 32.2. The number of hydrogen-bond acceptors (Lipinski definition) is 3. The van der Waals surface area contributed by atoms with Gasteiger partial charge in [-0.15, -0.1) is 0 Å². The lowest BCUT2D eigenvalue weighted by molar-refractivity contribution is 0.589. The van der Waals surface area contributed by atoms with Gasteiger partial charge in [0.1, 0.15) is 0 Å². The van der Waals surface area contributed by atoms with Gasteiger partial charge in [0.25, 0.3) is 10.0 Å². The quantitative estimate of drug-likeness (QED) is 0.480. The second kappa shape index (κ2) is 6.67. The molecule has 0 N–H and O–H groups in total. The van der Waals surface area contributed by atoms with E-state index >= 15 is 0 Å². The molecule has 0 atom stereocenters. The lowest BCUT2D eigenvalue weighted by Crippen LogP contribution is -2.11. The van der Waals surface area contributed by atoms with Crippen molar-refractivity contribution in [3.05, 3.63) is 90.6 Å². The highest BCUT2D eigenvalue weighted by molar-refractivity contribution is 7.99. The zero-order chi connectivity index (χ0) is 18.1. The van der Waals surface area contributed by atoms with Gasteiger partial charge in [-0.2, -0.15) is 0 Å². The van der Waals surface area contributed by atoms with Crippen molar-refractivity contribution in [2.45, 2.75) is 21.6 Å². The van der Waals surface area contributed by atoms with Gasteiger partial charge in [0.2, 0.25) is 0 Å². The number of para-hydroxylation sites is 1. The van der Waals surface area contributed by atoms with Crippen LogP contribution in [0.2, 0.25) is 0 Å². The first kappa shape index (κ1) is 16.9. The second-order valence-corrected chi connectivity index (χ2v) is 8.97. The maximum Gasteiger partial charge on any atom is 0.268 e. The van der Waals surface area contributed by atoms with Crippen LogP contribution in [0.4, 0.5) is 0 Å². The van der Waals surface area contributed by atoms with E-state index in [0.29, 0.717) is 5.52 Å². The van der Waals surface area contributed by atoms with Gasteiger partial charge >= 0.3 is 0 Å². The minimum absolute atomic E-state index is 0.285. The molecule has 0 aliphatic heterocycles. The molecule has 0 unspecified atom stereocenters. The largest absolute Gasteiger partial charge is 0.268 e. The van der Waals surface area contributed by atoms with E-state index < -0.39 is 10.0 Å². The summed E-state index contributed by atoms with van der Waals surface area (Å²) in [6, 6.07) is 24.3. The zero-order valence-corrected chi connectivity index (χ0v) is 15.8. The van der Waals surface area contributed by atoms with Crippen molar-refractivity contribution in [2.24, 2.45) is 0 Å². The summed E-state index contributed by atoms with van der Waals surface area (Å²) < 4.78 is 27.6. The van der Waals surface area contributed by atoms with Gasteiger partial charge in [-0.3, -0.25) is 0 Å². The van der Waals surface area contributed by atoms with E-state index in [9.17, 15) is 8.42 Å². The Morgan fingerprint density at radius 2 is 1.58 bits per heavy atom. The summed E-state index contributed by atoms with van der Waals surface area (Å²) in [4.78, 5) is 2.29. The first-order chi connectivity index (χ1) is 12.6. The smallest absolute Gasteiger partial charge is 0.240 e. The molecular formula is C21H17NO2S2. The molecule has 3 aromatic carbocycles. The lowest BCUT2D eigenvalue weighted by atomic mass is 10.2. The van der Waals surface area contributed by atoms with E-state index in [-0.39, 0.29) is 4.90 Å². The van der Waals surface area contributed by atoms with Crippen molar-refractivity contribution in [2.75, 3.05) is 0 Å². The predicted octanol–water partition coefficient (Wildman–Crippen LogP) is 5.34. The van der Waals surface area contributed by atoms with E-state index in [1.54, 1.807) is 42.2 Å². The van der Waals surface area contributed by atoms with E-state index in [1.807, 2.05) is 55.5 Å². The van der Waals surface area contributed by atoms with Crippen molar-refractivity contribution < 1.29 is 8.42 Å². The Balaban J connectivity index is 1.87. The van der Waals surface area contributed by atoms with Crippen LogP contribution < -0.4 is 0 Å². The molecule has 0 amide bonds. The number of nitrogens with zero attached hydrogens (tertiary/aromatic N) is 1. The van der Waals surface area contributed by atoms with Gasteiger partial charge < -0.3 is 0 Å². The summed E-state index contributed by atoms with van der Waals surface area (Å²) >= 11 is 1.58. The minimum atomic E-state index is -3.64. The van der Waals surface area contributed by atoms with Crippen LogP contribution in [0.5, 0.6) is 0 Å². The van der Waals surface area contributed by atoms with E-state index in [1.165, 1.54) is 9.54 Å². The van der Waals surface area contributed by atoms with E-state index in [2.05, 4.69) is 6.07 Å². The Labute approximate surface area is 157 Å². The fraction of sp³-hybridized carbons (Fsp3) is 0.0476. The number of aryl methyl sites for hydroxylation is 1. The van der Waals surface area contributed by atoms with Crippen molar-refractivity contribution >= 4 is 32.7 Å². The third-order valence-electron chi connectivity index (χ3n) is 4.16. The molecule has 4 rings (SSSR count). The van der Waals surface area contributed by atoms with Crippen LogP contribution in [0.1, 0.15) is 5.56 Å². The summed E-state index contributed by atoms with van der Waals surface area (Å²) in [5.74, 6) is 0. The topological polar surface area (TPSA) is 39.1 Å². The van der Waals surface area contributed by atoms with Crippen LogP contribution in [0.15, 0.2) is 99.7 Å². The van der Waals surface area contributed by atoms with E-state index in [4.69, 9.17) is 0 Å². The standard InChI is InChI=1S/C21H17NO2S2/c1-16-8-7-9-17(14-16)25-21-15-22(20-13-6-5-12-19(20)21)26(23,24)18-10-3-2-4-11-18/h2-15H,1H3. The summed E-state index contributed by atoms with van der Waals surface area (Å²) in [5, 5.41) is 0.929. The van der Waals surface area contributed by atoms with Gasteiger partial charge in [-0.25, -0.2) is 12.4 Å². The number of rotatable bonds is 4. The van der Waals surface area contributed by atoms with Gasteiger partial charge in [0.15, 0.2) is 0 Å². The minimum Gasteiger partial charge on any atom is -0.240 e. The third kappa shape index (κ3) is 3.04. The molecule has 1 heterocycles. The third-order valence-corrected chi connectivity index (χ3v) is 6.88. The molecule has 3 nitrogen and oxygen atoms in total. The molecule has 0 bridgehead atoms. The Morgan fingerprint density at radius 1 is 0.846 bits per heavy atom. The normalized spacial score (nSPS) is 11.7. The fourth-order valence-corrected chi connectivity index (χ4v) is 5.46. The van der Waals surface area contributed by atoms with Crippen LogP contribution in [-0.4, -0.2) is 12.4 Å². The molecule has 130 valence electrons. The summed E-state index contributed by atoms with van der Waals surface area (Å²) in [5.41, 5.74) is 1.86. The molecule has 0 aliphatic rings. The Hall–Kier alpha value is -2.50. The molecule has 5 heteroatoms. The summed E-state index contributed by atoms with van der Waals surface area (Å²) in [6.45, 7) is 2.05. The molecule has 0 saturated carbocycles. The fourth-order valence-electron chi connectivity index (χ4n) is 2.91. The van der Waals surface area contributed by atoms with Crippen LogP contribution in [0.3, 0.4) is 0 Å². The second-order valence-electron chi connectivity index (χ2n) is 6.04. The van der Waals surface area contributed by atoms with Gasteiger partial charge in [0, 0.05) is 21.4 Å². The first-order valence-electron chi connectivity index (χ1n) is 8.21. The van der Waals surface area contributed by atoms with Gasteiger partial charge in [0.05, 0.1) is 10.4 Å². The van der Waals surface area contributed by atoms with Crippen molar-refractivity contribution in [3.63, 3.8) is 0 Å². The van der Waals surface area contributed by atoms with Crippen LogP contribution in [-0.2, 0) is 10.0 Å². The Morgan fingerprint density at radius 3 is 2.35 bits per heavy atom. The van der Waals surface area contributed by atoms with Crippen LogP contribution in [0, 0.1) is 6.92 Å². The molecule has 0 radical (unpaired) electrons. The zero-order valence-electron chi connectivity index (χ0n) is 14.2. The highest BCUT2D eigenvalue weighted by Gasteiger charge is 2.21. The Kier molecular flexibility index (Phi) is 4.34. The number of hydrogen-bond donors (Lipinski definition) is 0. The lowest BCUT2D eigenvalue weighted by Gasteiger charge is -2.07. The van der Waals surface area contributed by atoms with Crippen molar-refractivity contribution in [3.8, 4) is 0 Å². The molecule has 0 fully saturated rings. The van der Waals surface area contributed by atoms with Crippen molar-refractivity contribution in [1.29, 1.82) is 0 Å². The first-order valence-corrected chi connectivity index (χ1v) is 10.5. The Bertz CT molecular complexity index is 1180. The molecule has 0 spiro atoms. The van der Waals surface area contributed by atoms with Gasteiger partial charge in [-0.05, 0) is 37.3 Å². The maximum atomic E-state index is 13.1. The van der Waals surface area contributed by atoms with Crippen LogP contribution >= 0.6 is 11.8 Å². The average molecular weight is 380 g/mol. The molecular weight excluding hydrogens is 362 g/mol. The summed E-state index contributed by atoms with van der Waals surface area (Å²) in [7, 11) is -3.64. The van der Waals surface area contributed by atoms with E-state index in [0.717, 1.165) is 15.2 Å². The highest BCUT2D eigenvalue weighted by Crippen LogP contribution is 2.36. The number of benzene rings is 3. The average Bonchev–Trinajstić information content (AvgIpc) is 3.02.